The van der Waals surface area contributed by atoms with Gasteiger partial charge in [-0.2, -0.15) is 0 Å². The molecule has 1 aliphatic carbocycles. The van der Waals surface area contributed by atoms with Crippen molar-refractivity contribution in [2.75, 3.05) is 7.11 Å². The van der Waals surface area contributed by atoms with E-state index in [0.29, 0.717) is 5.92 Å². The number of phenolic OH excluding ortho intramolecular Hbond substituents is 2. The molecule has 160 valence electrons. The Hall–Kier alpha value is -3.41. The standard InChI is InChI=1S/C25H25NO5/c1-30-18-7-8-20-19(12-18)16(14-26(20)13-15-5-3-2-4-6-15)9-23-25(29)24-21(28)10-17(27)11-22(24)31-23/h7-12,14-15,27-28H,2-6,13H2,1H3/b23-9-. The van der Waals surface area contributed by atoms with Crippen molar-refractivity contribution >= 4 is 22.8 Å². The minimum absolute atomic E-state index is 0.0765. The molecule has 6 heteroatoms. The Morgan fingerprint density at radius 2 is 1.97 bits per heavy atom. The summed E-state index contributed by atoms with van der Waals surface area (Å²) < 4.78 is 13.4. The van der Waals surface area contributed by atoms with Crippen LogP contribution in [0.2, 0.25) is 0 Å². The zero-order chi connectivity index (χ0) is 21.5. The van der Waals surface area contributed by atoms with Gasteiger partial charge in [0.1, 0.15) is 28.6 Å². The summed E-state index contributed by atoms with van der Waals surface area (Å²) in [5.41, 5.74) is 2.01. The minimum Gasteiger partial charge on any atom is -0.508 e. The molecule has 0 unspecified atom stereocenters. The van der Waals surface area contributed by atoms with Crippen LogP contribution in [0.3, 0.4) is 0 Å². The number of hydrogen-bond donors (Lipinski definition) is 2. The van der Waals surface area contributed by atoms with Crippen molar-refractivity contribution in [2.24, 2.45) is 5.92 Å². The summed E-state index contributed by atoms with van der Waals surface area (Å²) in [4.78, 5) is 12.8. The van der Waals surface area contributed by atoms with E-state index in [1.807, 2.05) is 12.1 Å². The lowest BCUT2D eigenvalue weighted by atomic mass is 9.89. The summed E-state index contributed by atoms with van der Waals surface area (Å²) in [5.74, 6) is 0.841. The van der Waals surface area contributed by atoms with E-state index in [4.69, 9.17) is 9.47 Å². The molecule has 0 amide bonds. The van der Waals surface area contributed by atoms with Gasteiger partial charge in [0, 0.05) is 41.3 Å². The first kappa shape index (κ1) is 19.5. The molecule has 2 aliphatic rings. The van der Waals surface area contributed by atoms with Crippen molar-refractivity contribution in [2.45, 2.75) is 38.6 Å². The molecule has 1 aromatic heterocycles. The summed E-state index contributed by atoms with van der Waals surface area (Å²) >= 11 is 0. The van der Waals surface area contributed by atoms with Crippen molar-refractivity contribution < 1.29 is 24.5 Å². The molecule has 1 fully saturated rings. The molecule has 0 bridgehead atoms. The Kier molecular flexibility index (Phi) is 4.85. The van der Waals surface area contributed by atoms with E-state index in [1.54, 1.807) is 13.2 Å². The number of allylic oxidation sites excluding steroid dienone is 1. The predicted octanol–water partition coefficient (Wildman–Crippen LogP) is 5.26. The van der Waals surface area contributed by atoms with Crippen molar-refractivity contribution in [1.82, 2.24) is 4.57 Å². The smallest absolute Gasteiger partial charge is 0.235 e. The molecule has 1 saturated carbocycles. The fraction of sp³-hybridized carbons (Fsp3) is 0.320. The zero-order valence-electron chi connectivity index (χ0n) is 17.4. The summed E-state index contributed by atoms with van der Waals surface area (Å²) in [7, 11) is 1.63. The SMILES string of the molecule is COc1ccc2c(c1)c(/C=C1\Oc3cc(O)cc(O)c3C1=O)cn2CC1CCCCC1. The average molecular weight is 419 g/mol. The Morgan fingerprint density at radius 3 is 2.74 bits per heavy atom. The molecule has 31 heavy (non-hydrogen) atoms. The Labute approximate surface area is 180 Å². The van der Waals surface area contributed by atoms with Crippen LogP contribution in [-0.4, -0.2) is 27.7 Å². The summed E-state index contributed by atoms with van der Waals surface area (Å²) in [6.45, 7) is 0.940. The van der Waals surface area contributed by atoms with E-state index in [0.717, 1.165) is 34.8 Å². The molecule has 6 nitrogen and oxygen atoms in total. The first-order valence-electron chi connectivity index (χ1n) is 10.7. The quantitative estimate of drug-likeness (QED) is 0.564. The van der Waals surface area contributed by atoms with Gasteiger partial charge in [0.25, 0.3) is 0 Å². The first-order valence-corrected chi connectivity index (χ1v) is 10.7. The van der Waals surface area contributed by atoms with Crippen LogP contribution in [0.5, 0.6) is 23.0 Å². The van der Waals surface area contributed by atoms with Gasteiger partial charge in [-0.15, -0.1) is 0 Å². The van der Waals surface area contributed by atoms with Gasteiger partial charge < -0.3 is 24.3 Å². The third-order valence-corrected chi connectivity index (χ3v) is 6.32. The number of phenols is 2. The van der Waals surface area contributed by atoms with E-state index in [2.05, 4.69) is 16.8 Å². The van der Waals surface area contributed by atoms with Crippen molar-refractivity contribution in [3.63, 3.8) is 0 Å². The number of aromatic hydroxyl groups is 2. The molecule has 0 saturated heterocycles. The van der Waals surface area contributed by atoms with Crippen LogP contribution in [-0.2, 0) is 6.54 Å². The number of ether oxygens (including phenoxy) is 2. The Morgan fingerprint density at radius 1 is 1.16 bits per heavy atom. The number of Topliss-reactive ketones (excluding diaryl/α,β-unsaturated/α-hetero) is 1. The molecule has 0 radical (unpaired) electrons. The maximum absolute atomic E-state index is 12.8. The topological polar surface area (TPSA) is 80.9 Å². The number of fused-ring (bicyclic) bond motifs is 2. The number of methoxy groups -OCH3 is 1. The maximum Gasteiger partial charge on any atom is 0.235 e. The normalized spacial score (nSPS) is 17.8. The van der Waals surface area contributed by atoms with Crippen molar-refractivity contribution in [3.8, 4) is 23.0 Å². The van der Waals surface area contributed by atoms with Crippen molar-refractivity contribution in [3.05, 3.63) is 53.4 Å². The van der Waals surface area contributed by atoms with Crippen LogP contribution >= 0.6 is 0 Å². The van der Waals surface area contributed by atoms with Gasteiger partial charge in [-0.25, -0.2) is 0 Å². The number of hydrogen-bond acceptors (Lipinski definition) is 5. The largest absolute Gasteiger partial charge is 0.508 e. The van der Waals surface area contributed by atoms with E-state index in [9.17, 15) is 15.0 Å². The highest BCUT2D eigenvalue weighted by molar-refractivity contribution is 6.16. The number of nitrogens with zero attached hydrogens (tertiary/aromatic N) is 1. The maximum atomic E-state index is 12.8. The van der Waals surface area contributed by atoms with E-state index in [-0.39, 0.29) is 28.6 Å². The Bertz CT molecular complexity index is 1200. The lowest BCUT2D eigenvalue weighted by Crippen LogP contribution is -2.13. The second-order valence-electron chi connectivity index (χ2n) is 8.40. The van der Waals surface area contributed by atoms with E-state index >= 15 is 0 Å². The Balaban J connectivity index is 1.56. The fourth-order valence-electron chi connectivity index (χ4n) is 4.76. The molecule has 5 rings (SSSR count). The molecule has 1 aliphatic heterocycles. The van der Waals surface area contributed by atoms with Gasteiger partial charge >= 0.3 is 0 Å². The monoisotopic (exact) mass is 419 g/mol. The lowest BCUT2D eigenvalue weighted by molar-refractivity contribution is 0.101. The zero-order valence-corrected chi connectivity index (χ0v) is 17.4. The van der Waals surface area contributed by atoms with Gasteiger partial charge in [0.15, 0.2) is 5.76 Å². The molecule has 3 aromatic rings. The molecular weight excluding hydrogens is 394 g/mol. The highest BCUT2D eigenvalue weighted by Crippen LogP contribution is 2.41. The molecular formula is C25H25NO5. The fourth-order valence-corrected chi connectivity index (χ4v) is 4.76. The molecule has 0 atom stereocenters. The van der Waals surface area contributed by atoms with E-state index in [1.165, 1.54) is 38.2 Å². The van der Waals surface area contributed by atoms with Crippen LogP contribution in [0.4, 0.5) is 0 Å². The van der Waals surface area contributed by atoms with E-state index < -0.39 is 5.78 Å². The van der Waals surface area contributed by atoms with Crippen LogP contribution in [0.1, 0.15) is 48.0 Å². The molecule has 2 N–H and O–H groups in total. The predicted molar refractivity (Wildman–Crippen MR) is 118 cm³/mol. The molecule has 2 heterocycles. The second-order valence-corrected chi connectivity index (χ2v) is 8.40. The van der Waals surface area contributed by atoms with Crippen LogP contribution in [0.15, 0.2) is 42.3 Å². The van der Waals surface area contributed by atoms with Crippen LogP contribution < -0.4 is 9.47 Å². The van der Waals surface area contributed by atoms with Gasteiger partial charge in [-0.05, 0) is 43.0 Å². The molecule has 2 aromatic carbocycles. The number of rotatable bonds is 4. The van der Waals surface area contributed by atoms with Crippen LogP contribution in [0.25, 0.3) is 17.0 Å². The van der Waals surface area contributed by atoms with Gasteiger partial charge in [-0.1, -0.05) is 19.3 Å². The first-order chi connectivity index (χ1) is 15.0. The third-order valence-electron chi connectivity index (χ3n) is 6.32. The second kappa shape index (κ2) is 7.69. The average Bonchev–Trinajstić information content (AvgIpc) is 3.25. The van der Waals surface area contributed by atoms with Crippen molar-refractivity contribution in [1.29, 1.82) is 0 Å². The van der Waals surface area contributed by atoms with Gasteiger partial charge in [-0.3, -0.25) is 4.79 Å². The molecule has 0 spiro atoms. The summed E-state index contributed by atoms with van der Waals surface area (Å²) in [6.07, 6.45) is 10.1. The van der Waals surface area contributed by atoms with Crippen LogP contribution in [0, 0.1) is 5.92 Å². The number of aromatic nitrogens is 1. The highest BCUT2D eigenvalue weighted by atomic mass is 16.5. The summed E-state index contributed by atoms with van der Waals surface area (Å²) in [6, 6.07) is 8.45. The number of benzene rings is 2. The highest BCUT2D eigenvalue weighted by Gasteiger charge is 2.31. The minimum atomic E-state index is -0.399. The van der Waals surface area contributed by atoms with Gasteiger partial charge in [0.05, 0.1) is 7.11 Å². The van der Waals surface area contributed by atoms with Gasteiger partial charge in [0.2, 0.25) is 5.78 Å². The summed E-state index contributed by atoms with van der Waals surface area (Å²) in [5, 5.41) is 20.8. The number of ketones is 1. The lowest BCUT2D eigenvalue weighted by Gasteiger charge is -2.22. The third kappa shape index (κ3) is 3.52. The number of carbonyl (C=O) groups excluding carboxylic acids is 1. The number of carbonyl (C=O) groups is 1.